The van der Waals surface area contributed by atoms with Crippen molar-refractivity contribution in [1.82, 2.24) is 4.90 Å². The van der Waals surface area contributed by atoms with Crippen molar-refractivity contribution in [2.45, 2.75) is 12.5 Å². The Kier molecular flexibility index (Phi) is 4.31. The molecule has 1 aliphatic heterocycles. The van der Waals surface area contributed by atoms with Crippen LogP contribution in [-0.4, -0.2) is 37.7 Å². The van der Waals surface area contributed by atoms with Crippen LogP contribution in [0.2, 0.25) is 0 Å². The summed E-state index contributed by atoms with van der Waals surface area (Å²) >= 11 is 0. The van der Waals surface area contributed by atoms with Gasteiger partial charge in [0.05, 0.1) is 19.2 Å². The fourth-order valence-corrected chi connectivity index (χ4v) is 2.18. The average molecular weight is 269 g/mol. The fourth-order valence-electron chi connectivity index (χ4n) is 2.18. The van der Waals surface area contributed by atoms with E-state index < -0.39 is 6.43 Å². The number of methoxy groups -OCH3 is 1. The SMILES string of the molecule is COCCN1C(N)=NCC1c1cccc(C(F)F)c1. The predicted molar refractivity (Wildman–Crippen MR) is 69.2 cm³/mol. The van der Waals surface area contributed by atoms with Crippen LogP contribution < -0.4 is 5.73 Å². The average Bonchev–Trinajstić information content (AvgIpc) is 2.78. The van der Waals surface area contributed by atoms with E-state index in [-0.39, 0.29) is 11.6 Å². The molecule has 1 unspecified atom stereocenters. The number of alkyl halides is 2. The minimum absolute atomic E-state index is 0.0228. The lowest BCUT2D eigenvalue weighted by molar-refractivity contribution is 0.150. The van der Waals surface area contributed by atoms with Gasteiger partial charge < -0.3 is 15.4 Å². The Bertz CT molecular complexity index is 465. The number of benzene rings is 1. The van der Waals surface area contributed by atoms with E-state index in [0.717, 1.165) is 5.56 Å². The Morgan fingerprint density at radius 1 is 1.53 bits per heavy atom. The Morgan fingerprint density at radius 3 is 3.00 bits per heavy atom. The number of halogens is 2. The summed E-state index contributed by atoms with van der Waals surface area (Å²) in [4.78, 5) is 6.06. The molecule has 0 amide bonds. The van der Waals surface area contributed by atoms with E-state index in [2.05, 4.69) is 4.99 Å². The second-order valence-electron chi connectivity index (χ2n) is 4.37. The van der Waals surface area contributed by atoms with E-state index in [9.17, 15) is 8.78 Å². The first kappa shape index (κ1) is 13.7. The molecule has 0 saturated carbocycles. The molecule has 1 atom stereocenters. The predicted octanol–water partition coefficient (Wildman–Crippen LogP) is 1.94. The second kappa shape index (κ2) is 5.97. The van der Waals surface area contributed by atoms with Crippen LogP contribution in [0.3, 0.4) is 0 Å². The minimum Gasteiger partial charge on any atom is -0.383 e. The second-order valence-corrected chi connectivity index (χ2v) is 4.37. The summed E-state index contributed by atoms with van der Waals surface area (Å²) in [7, 11) is 1.61. The highest BCUT2D eigenvalue weighted by atomic mass is 19.3. The zero-order valence-electron chi connectivity index (χ0n) is 10.7. The number of ether oxygens (including phenoxy) is 1. The topological polar surface area (TPSA) is 50.9 Å². The summed E-state index contributed by atoms with van der Waals surface area (Å²) in [6.07, 6.45) is -2.47. The van der Waals surface area contributed by atoms with Gasteiger partial charge >= 0.3 is 0 Å². The Morgan fingerprint density at radius 2 is 2.32 bits per heavy atom. The van der Waals surface area contributed by atoms with Gasteiger partial charge in [0, 0.05) is 19.2 Å². The van der Waals surface area contributed by atoms with E-state index >= 15 is 0 Å². The van der Waals surface area contributed by atoms with Crippen molar-refractivity contribution < 1.29 is 13.5 Å². The number of aliphatic imine (C=N–C) groups is 1. The number of guanidine groups is 1. The molecule has 0 radical (unpaired) electrons. The summed E-state index contributed by atoms with van der Waals surface area (Å²) in [5.41, 5.74) is 6.64. The smallest absolute Gasteiger partial charge is 0.263 e. The summed E-state index contributed by atoms with van der Waals surface area (Å²) in [6, 6.07) is 6.31. The molecule has 104 valence electrons. The maximum absolute atomic E-state index is 12.7. The maximum Gasteiger partial charge on any atom is 0.263 e. The first-order valence-electron chi connectivity index (χ1n) is 6.07. The highest BCUT2D eigenvalue weighted by Gasteiger charge is 2.27. The van der Waals surface area contributed by atoms with Crippen molar-refractivity contribution >= 4 is 5.96 Å². The number of hydrogen-bond donors (Lipinski definition) is 1. The van der Waals surface area contributed by atoms with Gasteiger partial charge in [-0.3, -0.25) is 4.99 Å². The first-order chi connectivity index (χ1) is 9.13. The van der Waals surface area contributed by atoms with Crippen LogP contribution in [0.25, 0.3) is 0 Å². The third-order valence-electron chi connectivity index (χ3n) is 3.18. The monoisotopic (exact) mass is 269 g/mol. The van der Waals surface area contributed by atoms with Gasteiger partial charge in [-0.2, -0.15) is 0 Å². The molecule has 0 fully saturated rings. The van der Waals surface area contributed by atoms with E-state index in [0.29, 0.717) is 25.7 Å². The lowest BCUT2D eigenvalue weighted by Crippen LogP contribution is -2.38. The molecule has 0 saturated heterocycles. The van der Waals surface area contributed by atoms with Gasteiger partial charge in [0.1, 0.15) is 0 Å². The van der Waals surface area contributed by atoms with Crippen molar-refractivity contribution in [2.75, 3.05) is 26.8 Å². The van der Waals surface area contributed by atoms with Gasteiger partial charge in [0.2, 0.25) is 0 Å². The van der Waals surface area contributed by atoms with Crippen LogP contribution in [0.4, 0.5) is 8.78 Å². The first-order valence-corrected chi connectivity index (χ1v) is 6.07. The summed E-state index contributed by atoms with van der Waals surface area (Å²) in [5, 5.41) is 0. The van der Waals surface area contributed by atoms with Crippen LogP contribution in [0, 0.1) is 0 Å². The third-order valence-corrected chi connectivity index (χ3v) is 3.18. The molecule has 0 aliphatic carbocycles. The van der Waals surface area contributed by atoms with Gasteiger partial charge in [-0.1, -0.05) is 18.2 Å². The van der Waals surface area contributed by atoms with Crippen molar-refractivity contribution in [3.63, 3.8) is 0 Å². The van der Waals surface area contributed by atoms with Gasteiger partial charge in [-0.15, -0.1) is 0 Å². The van der Waals surface area contributed by atoms with Gasteiger partial charge in [-0.25, -0.2) is 8.78 Å². The molecule has 1 heterocycles. The number of rotatable bonds is 5. The van der Waals surface area contributed by atoms with E-state index in [4.69, 9.17) is 10.5 Å². The van der Waals surface area contributed by atoms with E-state index in [1.54, 1.807) is 13.2 Å². The van der Waals surface area contributed by atoms with Crippen LogP contribution >= 0.6 is 0 Å². The fraction of sp³-hybridized carbons (Fsp3) is 0.462. The molecule has 0 aromatic heterocycles. The molecule has 0 spiro atoms. The normalized spacial score (nSPS) is 19.1. The molecular formula is C13H17F2N3O. The van der Waals surface area contributed by atoms with E-state index in [1.165, 1.54) is 12.1 Å². The number of nitrogens with two attached hydrogens (primary N) is 1. The van der Waals surface area contributed by atoms with Crippen molar-refractivity contribution in [3.05, 3.63) is 35.4 Å². The van der Waals surface area contributed by atoms with Crippen molar-refractivity contribution in [1.29, 1.82) is 0 Å². The van der Waals surface area contributed by atoms with Crippen LogP contribution in [0.15, 0.2) is 29.3 Å². The van der Waals surface area contributed by atoms with Crippen LogP contribution in [-0.2, 0) is 4.74 Å². The molecule has 4 nitrogen and oxygen atoms in total. The van der Waals surface area contributed by atoms with Gasteiger partial charge in [-0.05, 0) is 11.6 Å². The molecule has 0 bridgehead atoms. The van der Waals surface area contributed by atoms with Crippen LogP contribution in [0.1, 0.15) is 23.6 Å². The molecule has 1 aromatic rings. The van der Waals surface area contributed by atoms with E-state index in [1.807, 2.05) is 11.0 Å². The maximum atomic E-state index is 12.7. The van der Waals surface area contributed by atoms with Crippen molar-refractivity contribution in [2.24, 2.45) is 10.7 Å². The third kappa shape index (κ3) is 3.01. The van der Waals surface area contributed by atoms with Crippen molar-refractivity contribution in [3.8, 4) is 0 Å². The Balaban J connectivity index is 2.18. The van der Waals surface area contributed by atoms with Crippen LogP contribution in [0.5, 0.6) is 0 Å². The molecule has 1 aliphatic rings. The quantitative estimate of drug-likeness (QED) is 0.888. The number of hydrogen-bond acceptors (Lipinski definition) is 4. The minimum atomic E-state index is -2.47. The highest BCUT2D eigenvalue weighted by molar-refractivity contribution is 5.80. The molecular weight excluding hydrogens is 252 g/mol. The molecule has 1 aromatic carbocycles. The molecule has 2 rings (SSSR count). The molecule has 19 heavy (non-hydrogen) atoms. The Hall–Kier alpha value is -1.69. The summed E-state index contributed by atoms with van der Waals surface area (Å²) in [5.74, 6) is 0.435. The molecule has 6 heteroatoms. The zero-order valence-corrected chi connectivity index (χ0v) is 10.7. The summed E-state index contributed by atoms with van der Waals surface area (Å²) in [6.45, 7) is 1.60. The molecule has 2 N–H and O–H groups in total. The number of nitrogens with zero attached hydrogens (tertiary/aromatic N) is 2. The van der Waals surface area contributed by atoms with Gasteiger partial charge in [0.15, 0.2) is 5.96 Å². The Labute approximate surface area is 110 Å². The largest absolute Gasteiger partial charge is 0.383 e. The van der Waals surface area contributed by atoms with Gasteiger partial charge in [0.25, 0.3) is 6.43 Å². The standard InChI is InChI=1S/C13H17F2N3O/c1-19-6-5-18-11(8-17-13(18)16)9-3-2-4-10(7-9)12(14)15/h2-4,7,11-12H,5-6,8H2,1H3,(H2,16,17). The highest BCUT2D eigenvalue weighted by Crippen LogP contribution is 2.28. The lowest BCUT2D eigenvalue weighted by Gasteiger charge is -2.26. The lowest BCUT2D eigenvalue weighted by atomic mass is 10.0. The zero-order chi connectivity index (χ0) is 13.8. The summed E-state index contributed by atoms with van der Waals surface area (Å²) < 4.78 is 30.5.